The summed E-state index contributed by atoms with van der Waals surface area (Å²) in [5, 5.41) is 3.83. The number of rotatable bonds is 12. The number of carbonyl (C=O) groups is 2. The minimum absolute atomic E-state index is 0.0414. The number of nitrogens with one attached hydrogen (secondary N) is 1. The van der Waals surface area contributed by atoms with Gasteiger partial charge in [-0.2, -0.15) is 0 Å². The molecule has 0 saturated heterocycles. The van der Waals surface area contributed by atoms with Gasteiger partial charge in [0.2, 0.25) is 11.8 Å². The van der Waals surface area contributed by atoms with E-state index in [0.717, 1.165) is 16.3 Å². The number of sulfonamides is 1. The summed E-state index contributed by atoms with van der Waals surface area (Å²) >= 11 is 12.1. The van der Waals surface area contributed by atoms with Crippen LogP contribution in [-0.2, 0) is 26.2 Å². The summed E-state index contributed by atoms with van der Waals surface area (Å²) < 4.78 is 28.5. The molecule has 0 aromatic heterocycles. The summed E-state index contributed by atoms with van der Waals surface area (Å²) in [6.07, 6.45) is 1.09. The van der Waals surface area contributed by atoms with Crippen LogP contribution in [0.1, 0.15) is 32.3 Å². The summed E-state index contributed by atoms with van der Waals surface area (Å²) in [7, 11) is -4.12. The Morgan fingerprint density at radius 3 is 2.00 bits per heavy atom. The standard InChI is InChI=1S/C28H31Cl2N3O4S/c1-3-18-31-28(35)26(4-2)32(19-21-10-12-22(29)13-11-21)27(34)20-33(24-16-14-23(30)15-17-24)38(36,37)25-8-6-5-7-9-25/h5-17,26H,3-4,18-20H2,1-2H3,(H,31,35)/t26-/m1/s1. The molecule has 202 valence electrons. The number of nitrogens with zero attached hydrogens (tertiary/aromatic N) is 2. The van der Waals surface area contributed by atoms with E-state index in [9.17, 15) is 18.0 Å². The fourth-order valence-electron chi connectivity index (χ4n) is 3.93. The number of halogens is 2. The van der Waals surface area contributed by atoms with Gasteiger partial charge >= 0.3 is 0 Å². The smallest absolute Gasteiger partial charge is 0.264 e. The quantitative estimate of drug-likeness (QED) is 0.308. The fraction of sp³-hybridized carbons (Fsp3) is 0.286. The van der Waals surface area contributed by atoms with Crippen LogP contribution in [0.5, 0.6) is 0 Å². The van der Waals surface area contributed by atoms with E-state index >= 15 is 0 Å². The molecule has 0 radical (unpaired) electrons. The molecule has 0 fully saturated rings. The van der Waals surface area contributed by atoms with Crippen molar-refractivity contribution in [2.45, 2.75) is 44.2 Å². The summed E-state index contributed by atoms with van der Waals surface area (Å²) in [4.78, 5) is 28.4. The molecular weight excluding hydrogens is 545 g/mol. The minimum Gasteiger partial charge on any atom is -0.354 e. The fourth-order valence-corrected chi connectivity index (χ4v) is 5.61. The van der Waals surface area contributed by atoms with Crippen molar-refractivity contribution in [1.29, 1.82) is 0 Å². The highest BCUT2D eigenvalue weighted by Crippen LogP contribution is 2.26. The van der Waals surface area contributed by atoms with E-state index in [1.807, 2.05) is 13.8 Å². The molecule has 0 bridgehead atoms. The second kappa shape index (κ2) is 13.6. The highest BCUT2D eigenvalue weighted by molar-refractivity contribution is 7.92. The van der Waals surface area contributed by atoms with Gasteiger partial charge in [-0.05, 0) is 66.9 Å². The highest BCUT2D eigenvalue weighted by Gasteiger charge is 2.33. The molecule has 3 aromatic rings. The van der Waals surface area contributed by atoms with Gasteiger partial charge in [0.15, 0.2) is 0 Å². The van der Waals surface area contributed by atoms with Crippen LogP contribution < -0.4 is 9.62 Å². The minimum atomic E-state index is -4.12. The van der Waals surface area contributed by atoms with E-state index in [0.29, 0.717) is 23.0 Å². The molecular formula is C28H31Cl2N3O4S. The Morgan fingerprint density at radius 2 is 1.45 bits per heavy atom. The molecule has 38 heavy (non-hydrogen) atoms. The third-order valence-corrected chi connectivity index (χ3v) is 8.22. The van der Waals surface area contributed by atoms with Crippen LogP contribution in [-0.4, -0.2) is 44.3 Å². The van der Waals surface area contributed by atoms with Gasteiger partial charge in [0, 0.05) is 23.1 Å². The molecule has 0 aliphatic heterocycles. The molecule has 0 aliphatic carbocycles. The summed E-state index contributed by atoms with van der Waals surface area (Å²) in [6.45, 7) is 3.82. The lowest BCUT2D eigenvalue weighted by Gasteiger charge is -2.33. The largest absolute Gasteiger partial charge is 0.354 e. The van der Waals surface area contributed by atoms with Gasteiger partial charge in [-0.25, -0.2) is 8.42 Å². The highest BCUT2D eigenvalue weighted by atomic mass is 35.5. The van der Waals surface area contributed by atoms with Crippen molar-refractivity contribution in [3.8, 4) is 0 Å². The van der Waals surface area contributed by atoms with Crippen molar-refractivity contribution in [2.75, 3.05) is 17.4 Å². The summed E-state index contributed by atoms with van der Waals surface area (Å²) in [5.41, 5.74) is 1.04. The molecule has 0 unspecified atom stereocenters. The average Bonchev–Trinajstić information content (AvgIpc) is 2.92. The molecule has 10 heteroatoms. The lowest BCUT2D eigenvalue weighted by Crippen LogP contribution is -2.52. The molecule has 0 aliphatic rings. The predicted molar refractivity (Wildman–Crippen MR) is 152 cm³/mol. The van der Waals surface area contributed by atoms with Crippen molar-refractivity contribution in [1.82, 2.24) is 10.2 Å². The lowest BCUT2D eigenvalue weighted by molar-refractivity contribution is -0.140. The zero-order valence-corrected chi connectivity index (χ0v) is 23.6. The Hall–Kier alpha value is -3.07. The molecule has 3 aromatic carbocycles. The van der Waals surface area contributed by atoms with Crippen LogP contribution in [0.3, 0.4) is 0 Å². The zero-order valence-electron chi connectivity index (χ0n) is 21.3. The monoisotopic (exact) mass is 575 g/mol. The number of carbonyl (C=O) groups excluding carboxylic acids is 2. The third-order valence-electron chi connectivity index (χ3n) is 5.93. The zero-order chi connectivity index (χ0) is 27.7. The molecule has 3 rings (SSSR count). The van der Waals surface area contributed by atoms with Gasteiger partial charge in [0.25, 0.3) is 10.0 Å². The maximum Gasteiger partial charge on any atom is 0.264 e. The van der Waals surface area contributed by atoms with Gasteiger partial charge in [-0.15, -0.1) is 0 Å². The van der Waals surface area contributed by atoms with Crippen LogP contribution in [0.4, 0.5) is 5.69 Å². The Morgan fingerprint density at radius 1 is 0.868 bits per heavy atom. The average molecular weight is 577 g/mol. The molecule has 1 N–H and O–H groups in total. The number of benzene rings is 3. The van der Waals surface area contributed by atoms with E-state index in [1.54, 1.807) is 66.7 Å². The van der Waals surface area contributed by atoms with Crippen LogP contribution >= 0.6 is 23.2 Å². The van der Waals surface area contributed by atoms with E-state index in [4.69, 9.17) is 23.2 Å². The Labute approximate surface area is 234 Å². The maximum atomic E-state index is 13.9. The van der Waals surface area contributed by atoms with Crippen molar-refractivity contribution in [3.05, 3.63) is 94.5 Å². The predicted octanol–water partition coefficient (Wildman–Crippen LogP) is 5.52. The number of amides is 2. The van der Waals surface area contributed by atoms with E-state index in [1.165, 1.54) is 17.0 Å². The normalized spacial score (nSPS) is 12.0. The first-order valence-corrected chi connectivity index (χ1v) is 14.5. The first-order valence-electron chi connectivity index (χ1n) is 12.3. The van der Waals surface area contributed by atoms with Crippen LogP contribution in [0.2, 0.25) is 10.0 Å². The second-order valence-corrected chi connectivity index (χ2v) is 11.4. The van der Waals surface area contributed by atoms with Crippen molar-refractivity contribution >= 4 is 50.7 Å². The van der Waals surface area contributed by atoms with Crippen LogP contribution in [0.25, 0.3) is 0 Å². The Balaban J connectivity index is 2.02. The number of anilines is 1. The van der Waals surface area contributed by atoms with E-state index in [-0.39, 0.29) is 23.0 Å². The first kappa shape index (κ1) is 29.5. The maximum absolute atomic E-state index is 13.9. The molecule has 0 spiro atoms. The molecule has 0 saturated carbocycles. The van der Waals surface area contributed by atoms with E-state index in [2.05, 4.69) is 5.32 Å². The van der Waals surface area contributed by atoms with Crippen LogP contribution in [0, 0.1) is 0 Å². The van der Waals surface area contributed by atoms with Crippen LogP contribution in [0.15, 0.2) is 83.8 Å². The van der Waals surface area contributed by atoms with Crippen molar-refractivity contribution < 1.29 is 18.0 Å². The topological polar surface area (TPSA) is 86.8 Å². The van der Waals surface area contributed by atoms with E-state index < -0.39 is 28.5 Å². The van der Waals surface area contributed by atoms with Gasteiger partial charge in [0.1, 0.15) is 12.6 Å². The van der Waals surface area contributed by atoms with Gasteiger partial charge in [-0.3, -0.25) is 13.9 Å². The Kier molecular flexibility index (Phi) is 10.6. The molecule has 1 atom stereocenters. The SMILES string of the molecule is CCCNC(=O)[C@@H](CC)N(Cc1ccc(Cl)cc1)C(=O)CN(c1ccc(Cl)cc1)S(=O)(=O)c1ccccc1. The van der Waals surface area contributed by atoms with Gasteiger partial charge in [-0.1, -0.05) is 67.4 Å². The summed E-state index contributed by atoms with van der Waals surface area (Å²) in [6, 6.07) is 20.3. The van der Waals surface area contributed by atoms with Crippen molar-refractivity contribution in [3.63, 3.8) is 0 Å². The number of hydrogen-bond donors (Lipinski definition) is 1. The molecule has 2 amide bonds. The van der Waals surface area contributed by atoms with Gasteiger partial charge in [0.05, 0.1) is 10.6 Å². The molecule has 0 heterocycles. The molecule has 7 nitrogen and oxygen atoms in total. The first-order chi connectivity index (χ1) is 18.2. The summed E-state index contributed by atoms with van der Waals surface area (Å²) in [5.74, 6) is -0.812. The number of hydrogen-bond acceptors (Lipinski definition) is 4. The Bertz CT molecular complexity index is 1320. The lowest BCUT2D eigenvalue weighted by atomic mass is 10.1. The van der Waals surface area contributed by atoms with Crippen molar-refractivity contribution in [2.24, 2.45) is 0 Å². The second-order valence-electron chi connectivity index (χ2n) is 8.66. The third kappa shape index (κ3) is 7.49. The van der Waals surface area contributed by atoms with Gasteiger partial charge < -0.3 is 10.2 Å².